The van der Waals surface area contributed by atoms with E-state index in [1.165, 1.54) is 7.11 Å². The summed E-state index contributed by atoms with van der Waals surface area (Å²) in [5.74, 6) is 1.12. The van der Waals surface area contributed by atoms with Gasteiger partial charge in [-0.2, -0.15) is 0 Å². The molecule has 0 aliphatic heterocycles. The number of carbonyl (C=O) groups is 1. The van der Waals surface area contributed by atoms with Gasteiger partial charge in [0, 0.05) is 5.57 Å². The van der Waals surface area contributed by atoms with Gasteiger partial charge in [0.1, 0.15) is 12.4 Å². The Morgan fingerprint density at radius 1 is 1.25 bits per heavy atom. The van der Waals surface area contributed by atoms with Crippen molar-refractivity contribution in [3.8, 4) is 11.5 Å². The Balaban J connectivity index is 2.54. The molecule has 2 rings (SSSR count). The van der Waals surface area contributed by atoms with E-state index in [4.69, 9.17) is 9.47 Å². The molecule has 0 fully saturated rings. The number of aliphatic hydroxyl groups is 1. The van der Waals surface area contributed by atoms with E-state index in [-0.39, 0.29) is 0 Å². The van der Waals surface area contributed by atoms with Crippen molar-refractivity contribution in [2.75, 3.05) is 14.2 Å². The van der Waals surface area contributed by atoms with E-state index in [0.29, 0.717) is 28.9 Å². The number of fused-ring (bicyclic) bond motifs is 1. The van der Waals surface area contributed by atoms with Crippen LogP contribution in [-0.4, -0.2) is 25.6 Å². The first-order valence-corrected chi connectivity index (χ1v) is 4.82. The summed E-state index contributed by atoms with van der Waals surface area (Å²) in [7, 11) is 3.07. The fourth-order valence-electron chi connectivity index (χ4n) is 1.81. The molecule has 1 aromatic carbocycles. The van der Waals surface area contributed by atoms with Crippen molar-refractivity contribution in [2.24, 2.45) is 0 Å². The molecular formula is C12H12O4. The van der Waals surface area contributed by atoms with Gasteiger partial charge in [0.15, 0.2) is 11.5 Å². The molecule has 4 nitrogen and oxygen atoms in total. The van der Waals surface area contributed by atoms with Crippen LogP contribution in [0.4, 0.5) is 0 Å². The van der Waals surface area contributed by atoms with E-state index >= 15 is 0 Å². The first kappa shape index (κ1) is 10.7. The maximum Gasteiger partial charge on any atom is 0.161 e. The molecule has 0 bridgehead atoms. The van der Waals surface area contributed by atoms with E-state index in [0.717, 1.165) is 5.56 Å². The number of benzene rings is 1. The van der Waals surface area contributed by atoms with E-state index in [9.17, 15) is 9.90 Å². The van der Waals surface area contributed by atoms with Crippen LogP contribution in [0.25, 0.3) is 6.08 Å². The second kappa shape index (κ2) is 3.98. The molecule has 4 heteroatoms. The molecule has 0 saturated carbocycles. The Morgan fingerprint density at radius 3 is 2.44 bits per heavy atom. The average molecular weight is 220 g/mol. The van der Waals surface area contributed by atoms with Crippen molar-refractivity contribution >= 4 is 12.4 Å². The van der Waals surface area contributed by atoms with Crippen LogP contribution in [0, 0.1) is 0 Å². The zero-order valence-electron chi connectivity index (χ0n) is 9.06. The number of methoxy groups -OCH3 is 2. The predicted octanol–water partition coefficient (Wildman–Crippen LogP) is 1.33. The highest BCUT2D eigenvalue weighted by molar-refractivity contribution is 5.88. The molecule has 1 N–H and O–H groups in total. The lowest BCUT2D eigenvalue weighted by Gasteiger charge is -2.11. The summed E-state index contributed by atoms with van der Waals surface area (Å²) in [6, 6.07) is 3.43. The Labute approximate surface area is 93.1 Å². The van der Waals surface area contributed by atoms with Crippen molar-refractivity contribution in [1.82, 2.24) is 0 Å². The molecule has 16 heavy (non-hydrogen) atoms. The summed E-state index contributed by atoms with van der Waals surface area (Å²) in [5.41, 5.74) is 1.80. The quantitative estimate of drug-likeness (QED) is 0.781. The van der Waals surface area contributed by atoms with Crippen LogP contribution in [0.2, 0.25) is 0 Å². The molecule has 1 unspecified atom stereocenters. The van der Waals surface area contributed by atoms with Gasteiger partial charge in [-0.1, -0.05) is 0 Å². The van der Waals surface area contributed by atoms with Gasteiger partial charge >= 0.3 is 0 Å². The van der Waals surface area contributed by atoms with Gasteiger partial charge in [-0.3, -0.25) is 4.79 Å². The Morgan fingerprint density at radius 2 is 1.88 bits per heavy atom. The predicted molar refractivity (Wildman–Crippen MR) is 58.5 cm³/mol. The standard InChI is InChI=1S/C12H12O4/c1-15-10-4-7-3-8(6-13)12(14)9(7)5-11(10)16-2/h3-6,12,14H,1-2H3. The lowest BCUT2D eigenvalue weighted by Crippen LogP contribution is -1.99. The van der Waals surface area contributed by atoms with E-state index in [1.54, 1.807) is 25.3 Å². The Hall–Kier alpha value is -1.81. The van der Waals surface area contributed by atoms with Crippen LogP contribution in [0.3, 0.4) is 0 Å². The van der Waals surface area contributed by atoms with Crippen molar-refractivity contribution in [1.29, 1.82) is 0 Å². The third-order valence-electron chi connectivity index (χ3n) is 2.66. The molecule has 84 valence electrons. The average Bonchev–Trinajstić information content (AvgIpc) is 2.63. The minimum atomic E-state index is -0.868. The maximum absolute atomic E-state index is 10.7. The third-order valence-corrected chi connectivity index (χ3v) is 2.66. The normalized spacial score (nSPS) is 17.7. The summed E-state index contributed by atoms with van der Waals surface area (Å²) >= 11 is 0. The minimum Gasteiger partial charge on any atom is -0.493 e. The summed E-state index contributed by atoms with van der Waals surface area (Å²) in [4.78, 5) is 10.7. The van der Waals surface area contributed by atoms with Crippen LogP contribution in [0.15, 0.2) is 17.7 Å². The van der Waals surface area contributed by atoms with Crippen molar-refractivity contribution in [3.63, 3.8) is 0 Å². The minimum absolute atomic E-state index is 0.352. The van der Waals surface area contributed by atoms with Gasteiger partial charge < -0.3 is 14.6 Å². The molecular weight excluding hydrogens is 208 g/mol. The topological polar surface area (TPSA) is 55.8 Å². The van der Waals surface area contributed by atoms with Crippen LogP contribution >= 0.6 is 0 Å². The molecule has 1 aromatic rings. The molecule has 0 amide bonds. The van der Waals surface area contributed by atoms with E-state index in [2.05, 4.69) is 0 Å². The first-order valence-electron chi connectivity index (χ1n) is 4.82. The molecule has 0 saturated heterocycles. The zero-order valence-corrected chi connectivity index (χ0v) is 9.06. The first-order chi connectivity index (χ1) is 7.71. The number of hydrogen-bond donors (Lipinski definition) is 1. The summed E-state index contributed by atoms with van der Waals surface area (Å²) < 4.78 is 10.3. The number of carbonyl (C=O) groups excluding carboxylic acids is 1. The van der Waals surface area contributed by atoms with Gasteiger partial charge in [-0.25, -0.2) is 0 Å². The van der Waals surface area contributed by atoms with E-state index in [1.807, 2.05) is 0 Å². The molecule has 1 aliphatic rings. The maximum atomic E-state index is 10.7. The van der Waals surface area contributed by atoms with Crippen LogP contribution in [0.1, 0.15) is 17.2 Å². The van der Waals surface area contributed by atoms with Gasteiger partial charge in [-0.05, 0) is 29.3 Å². The van der Waals surface area contributed by atoms with Gasteiger partial charge in [0.2, 0.25) is 0 Å². The molecule has 0 aromatic heterocycles. The van der Waals surface area contributed by atoms with Crippen molar-refractivity contribution in [3.05, 3.63) is 28.8 Å². The molecule has 1 atom stereocenters. The highest BCUT2D eigenvalue weighted by atomic mass is 16.5. The Bertz CT molecular complexity index is 462. The number of aldehydes is 1. The highest BCUT2D eigenvalue weighted by Crippen LogP contribution is 2.40. The largest absolute Gasteiger partial charge is 0.493 e. The smallest absolute Gasteiger partial charge is 0.161 e. The molecule has 0 spiro atoms. The second-order valence-electron chi connectivity index (χ2n) is 3.50. The van der Waals surface area contributed by atoms with Crippen molar-refractivity contribution < 1.29 is 19.4 Å². The molecule has 1 aliphatic carbocycles. The third kappa shape index (κ3) is 1.47. The number of hydrogen-bond acceptors (Lipinski definition) is 4. The van der Waals surface area contributed by atoms with Gasteiger partial charge in [-0.15, -0.1) is 0 Å². The lowest BCUT2D eigenvalue weighted by molar-refractivity contribution is -0.105. The SMILES string of the molecule is COc1cc2c(cc1OC)C(O)C(C=O)=C2. The van der Waals surface area contributed by atoms with Crippen LogP contribution in [0.5, 0.6) is 11.5 Å². The van der Waals surface area contributed by atoms with Crippen LogP contribution in [-0.2, 0) is 4.79 Å². The van der Waals surface area contributed by atoms with Gasteiger partial charge in [0.25, 0.3) is 0 Å². The molecule has 0 radical (unpaired) electrons. The van der Waals surface area contributed by atoms with Gasteiger partial charge in [0.05, 0.1) is 14.2 Å². The lowest BCUT2D eigenvalue weighted by atomic mass is 10.1. The molecule has 0 heterocycles. The zero-order chi connectivity index (χ0) is 11.7. The van der Waals surface area contributed by atoms with E-state index < -0.39 is 6.10 Å². The summed E-state index contributed by atoms with van der Waals surface area (Å²) in [6.45, 7) is 0. The monoisotopic (exact) mass is 220 g/mol. The fourth-order valence-corrected chi connectivity index (χ4v) is 1.81. The number of aliphatic hydroxyl groups excluding tert-OH is 1. The second-order valence-corrected chi connectivity index (χ2v) is 3.50. The number of rotatable bonds is 3. The number of ether oxygens (including phenoxy) is 2. The summed E-state index contributed by atoms with van der Waals surface area (Å²) in [6.07, 6.45) is 1.44. The van der Waals surface area contributed by atoms with Crippen molar-refractivity contribution in [2.45, 2.75) is 6.10 Å². The highest BCUT2D eigenvalue weighted by Gasteiger charge is 2.24. The Kier molecular flexibility index (Phi) is 2.66. The van der Waals surface area contributed by atoms with Crippen LogP contribution < -0.4 is 9.47 Å². The fraction of sp³-hybridized carbons (Fsp3) is 0.250. The summed E-state index contributed by atoms with van der Waals surface area (Å²) in [5, 5.41) is 9.83.